The summed E-state index contributed by atoms with van der Waals surface area (Å²) in [4.78, 5) is 0. The molecule has 1 fully saturated rings. The second-order valence-corrected chi connectivity index (χ2v) is 6.11. The van der Waals surface area contributed by atoms with Gasteiger partial charge in [-0.15, -0.1) is 12.4 Å². The predicted molar refractivity (Wildman–Crippen MR) is 92.8 cm³/mol. The van der Waals surface area contributed by atoms with Gasteiger partial charge in [0, 0.05) is 12.6 Å². The van der Waals surface area contributed by atoms with Gasteiger partial charge in [0.1, 0.15) is 0 Å². The maximum absolute atomic E-state index is 5.66. The molecule has 0 bridgehead atoms. The van der Waals surface area contributed by atoms with Gasteiger partial charge in [-0.2, -0.15) is 0 Å². The van der Waals surface area contributed by atoms with Gasteiger partial charge in [-0.3, -0.25) is 0 Å². The van der Waals surface area contributed by atoms with Crippen LogP contribution in [0.5, 0.6) is 11.5 Å². The van der Waals surface area contributed by atoms with Crippen LogP contribution in [0, 0.1) is 0 Å². The third-order valence-corrected chi connectivity index (χ3v) is 4.36. The van der Waals surface area contributed by atoms with Gasteiger partial charge in [-0.1, -0.05) is 19.3 Å². The highest BCUT2D eigenvalue weighted by Gasteiger charge is 2.14. The fourth-order valence-electron chi connectivity index (χ4n) is 2.75. The quantitative estimate of drug-likeness (QED) is 0.778. The summed E-state index contributed by atoms with van der Waals surface area (Å²) in [6.07, 6.45) is 6.70. The van der Waals surface area contributed by atoms with E-state index < -0.39 is 0 Å². The molecule has 5 heteroatoms. The first-order valence-electron chi connectivity index (χ1n) is 7.47. The van der Waals surface area contributed by atoms with E-state index in [4.69, 9.17) is 9.47 Å². The van der Waals surface area contributed by atoms with E-state index in [1.54, 1.807) is 7.11 Å². The highest BCUT2D eigenvalue weighted by Crippen LogP contribution is 2.36. The molecule has 1 aliphatic rings. The average Bonchev–Trinajstić information content (AvgIpc) is 2.46. The third-order valence-electron chi connectivity index (χ3n) is 3.77. The normalized spacial score (nSPS) is 15.4. The Balaban J connectivity index is 0.00000220. The van der Waals surface area contributed by atoms with E-state index in [1.165, 1.54) is 37.7 Å². The Labute approximate surface area is 142 Å². The molecule has 0 unspecified atom stereocenters. The van der Waals surface area contributed by atoms with Gasteiger partial charge in [0.15, 0.2) is 11.5 Å². The summed E-state index contributed by atoms with van der Waals surface area (Å²) in [5.41, 5.74) is 1.23. The van der Waals surface area contributed by atoms with Crippen molar-refractivity contribution in [3.05, 3.63) is 22.2 Å². The molecule has 0 amide bonds. The van der Waals surface area contributed by atoms with Crippen molar-refractivity contribution < 1.29 is 9.47 Å². The van der Waals surface area contributed by atoms with Gasteiger partial charge in [-0.25, -0.2) is 0 Å². The minimum atomic E-state index is 0. The molecule has 1 aromatic rings. The van der Waals surface area contributed by atoms with Crippen molar-refractivity contribution in [2.24, 2.45) is 0 Å². The van der Waals surface area contributed by atoms with Gasteiger partial charge in [0.25, 0.3) is 0 Å². The van der Waals surface area contributed by atoms with E-state index in [0.29, 0.717) is 12.6 Å². The fraction of sp³-hybridized carbons (Fsp3) is 0.625. The maximum atomic E-state index is 5.66. The van der Waals surface area contributed by atoms with E-state index in [-0.39, 0.29) is 12.4 Å². The van der Waals surface area contributed by atoms with Gasteiger partial charge >= 0.3 is 0 Å². The van der Waals surface area contributed by atoms with Crippen LogP contribution in [0.2, 0.25) is 0 Å². The van der Waals surface area contributed by atoms with Crippen LogP contribution in [-0.2, 0) is 6.54 Å². The second kappa shape index (κ2) is 9.54. The van der Waals surface area contributed by atoms with Crippen LogP contribution in [0.15, 0.2) is 16.6 Å². The van der Waals surface area contributed by atoms with Crippen molar-refractivity contribution in [1.82, 2.24) is 5.32 Å². The molecule has 1 aromatic carbocycles. The number of rotatable bonds is 6. The van der Waals surface area contributed by atoms with Gasteiger partial charge in [-0.05, 0) is 53.4 Å². The Hall–Kier alpha value is -0.450. The molecule has 0 aliphatic heterocycles. The molecule has 1 N–H and O–H groups in total. The second-order valence-electron chi connectivity index (χ2n) is 5.26. The van der Waals surface area contributed by atoms with Crippen LogP contribution >= 0.6 is 28.3 Å². The number of hydrogen-bond acceptors (Lipinski definition) is 3. The smallest absolute Gasteiger partial charge is 0.174 e. The lowest BCUT2D eigenvalue weighted by Crippen LogP contribution is -2.30. The van der Waals surface area contributed by atoms with Crippen molar-refractivity contribution in [2.45, 2.75) is 51.6 Å². The lowest BCUT2D eigenvalue weighted by Gasteiger charge is -2.23. The van der Waals surface area contributed by atoms with Crippen molar-refractivity contribution in [3.8, 4) is 11.5 Å². The van der Waals surface area contributed by atoms with E-state index in [1.807, 2.05) is 6.92 Å². The number of hydrogen-bond donors (Lipinski definition) is 1. The highest BCUT2D eigenvalue weighted by atomic mass is 79.9. The number of ether oxygens (including phenoxy) is 2. The number of nitrogens with one attached hydrogen (secondary N) is 1. The topological polar surface area (TPSA) is 30.5 Å². The summed E-state index contributed by atoms with van der Waals surface area (Å²) in [6.45, 7) is 3.51. The molecule has 21 heavy (non-hydrogen) atoms. The van der Waals surface area contributed by atoms with Crippen molar-refractivity contribution >= 4 is 28.3 Å². The van der Waals surface area contributed by atoms with Crippen LogP contribution in [0.1, 0.15) is 44.6 Å². The number of benzene rings is 1. The number of methoxy groups -OCH3 is 1. The van der Waals surface area contributed by atoms with Crippen molar-refractivity contribution in [3.63, 3.8) is 0 Å². The number of halogens is 2. The molecule has 2 rings (SSSR count). The largest absolute Gasteiger partial charge is 0.492 e. The Morgan fingerprint density at radius 1 is 1.24 bits per heavy atom. The standard InChI is InChI=1S/C16H24BrNO2.ClH/c1-3-20-15-10-12(9-14(17)16(15)19-2)11-18-13-7-5-4-6-8-13;/h9-10,13,18H,3-8,11H2,1-2H3;1H. The Kier molecular flexibility index (Phi) is 8.45. The van der Waals surface area contributed by atoms with Crippen molar-refractivity contribution in [1.29, 1.82) is 0 Å². The lowest BCUT2D eigenvalue weighted by molar-refractivity contribution is 0.309. The summed E-state index contributed by atoms with van der Waals surface area (Å²) in [6, 6.07) is 4.85. The lowest BCUT2D eigenvalue weighted by atomic mass is 9.95. The first kappa shape index (κ1) is 18.6. The Bertz CT molecular complexity index is 437. The molecule has 0 aromatic heterocycles. The Morgan fingerprint density at radius 2 is 1.95 bits per heavy atom. The first-order valence-corrected chi connectivity index (χ1v) is 8.26. The van der Waals surface area contributed by atoms with Gasteiger partial charge < -0.3 is 14.8 Å². The summed E-state index contributed by atoms with van der Waals surface area (Å²) in [5.74, 6) is 1.58. The van der Waals surface area contributed by atoms with Gasteiger partial charge in [0.05, 0.1) is 18.2 Å². The van der Waals surface area contributed by atoms with Crippen LogP contribution in [-0.4, -0.2) is 19.8 Å². The first-order chi connectivity index (χ1) is 9.74. The fourth-order valence-corrected chi connectivity index (χ4v) is 3.40. The molecule has 1 saturated carbocycles. The zero-order valence-electron chi connectivity index (χ0n) is 12.8. The van der Waals surface area contributed by atoms with Crippen LogP contribution in [0.25, 0.3) is 0 Å². The van der Waals surface area contributed by atoms with E-state index >= 15 is 0 Å². The van der Waals surface area contributed by atoms with Gasteiger partial charge in [0.2, 0.25) is 0 Å². The van der Waals surface area contributed by atoms with E-state index in [9.17, 15) is 0 Å². The SMILES string of the molecule is CCOc1cc(CNC2CCCCC2)cc(Br)c1OC.Cl. The molecule has 0 saturated heterocycles. The highest BCUT2D eigenvalue weighted by molar-refractivity contribution is 9.10. The van der Waals surface area contributed by atoms with Crippen LogP contribution < -0.4 is 14.8 Å². The average molecular weight is 379 g/mol. The van der Waals surface area contributed by atoms with Crippen LogP contribution in [0.4, 0.5) is 0 Å². The van der Waals surface area contributed by atoms with E-state index in [0.717, 1.165) is 22.5 Å². The Morgan fingerprint density at radius 3 is 2.57 bits per heavy atom. The predicted octanol–water partition coefficient (Wildman–Crippen LogP) is 4.70. The summed E-state index contributed by atoms with van der Waals surface area (Å²) in [7, 11) is 1.67. The van der Waals surface area contributed by atoms with Crippen LogP contribution in [0.3, 0.4) is 0 Å². The minimum absolute atomic E-state index is 0. The molecule has 0 heterocycles. The monoisotopic (exact) mass is 377 g/mol. The molecule has 3 nitrogen and oxygen atoms in total. The van der Waals surface area contributed by atoms with Crippen molar-refractivity contribution in [2.75, 3.05) is 13.7 Å². The maximum Gasteiger partial charge on any atom is 0.174 e. The molecular formula is C16H25BrClNO2. The molecule has 0 radical (unpaired) electrons. The zero-order chi connectivity index (χ0) is 14.4. The third kappa shape index (κ3) is 5.35. The molecule has 0 spiro atoms. The molecule has 0 atom stereocenters. The summed E-state index contributed by atoms with van der Waals surface area (Å²) < 4.78 is 12.0. The zero-order valence-corrected chi connectivity index (χ0v) is 15.2. The minimum Gasteiger partial charge on any atom is -0.492 e. The molecule has 1 aliphatic carbocycles. The summed E-state index contributed by atoms with van der Waals surface area (Å²) >= 11 is 3.56. The summed E-state index contributed by atoms with van der Waals surface area (Å²) in [5, 5.41) is 3.65. The van der Waals surface area contributed by atoms with E-state index in [2.05, 4.69) is 33.4 Å². The molecule has 120 valence electrons. The molecular weight excluding hydrogens is 354 g/mol.